The third-order valence-electron chi connectivity index (χ3n) is 14.1. The van der Waals surface area contributed by atoms with E-state index in [9.17, 15) is 0 Å². The smallest absolute Gasteiger partial charge is 0.0469 e. The average Bonchev–Trinajstić information content (AvgIpc) is 3.20. The molecule has 6 rings (SSSR count). The van der Waals surface area contributed by atoms with Crippen molar-refractivity contribution < 1.29 is 4.74 Å². The monoisotopic (exact) mass is 691 g/mol. The fourth-order valence-corrected chi connectivity index (χ4v) is 10.6. The lowest BCUT2D eigenvalue weighted by molar-refractivity contribution is 0.129. The maximum absolute atomic E-state index is 6.13. The lowest BCUT2D eigenvalue weighted by atomic mass is 9.70. The van der Waals surface area contributed by atoms with Crippen LogP contribution in [-0.2, 0) is 17.6 Å². The summed E-state index contributed by atoms with van der Waals surface area (Å²) in [6.45, 7) is 6.46. The van der Waals surface area contributed by atoms with Crippen molar-refractivity contribution in [1.82, 2.24) is 0 Å². The van der Waals surface area contributed by atoms with Crippen LogP contribution in [-0.4, -0.2) is 13.2 Å². The Morgan fingerprint density at radius 3 is 1.22 bits per heavy atom. The minimum atomic E-state index is 0.799. The van der Waals surface area contributed by atoms with Gasteiger partial charge in [-0.1, -0.05) is 98.5 Å². The standard InChI is InChI=1S/C50H74O/c1-3-5-9-39-13-21-43(22-14-39)47-29-33-49(34-30-47)45-25-17-41(18-26-45)11-7-37-51-38-8-12-42-19-27-46(28-20-42)50-35-31-48(32-36-50)44-23-15-40(16-24-44)10-6-4-2/h13-17,19,21-24,45-50H,3-12,18,20,25-38H2,1-2H3. The van der Waals surface area contributed by atoms with Crippen molar-refractivity contribution in [2.24, 2.45) is 23.7 Å². The molecule has 0 N–H and O–H groups in total. The molecule has 2 aromatic rings. The van der Waals surface area contributed by atoms with Crippen molar-refractivity contribution in [3.8, 4) is 0 Å². The highest BCUT2D eigenvalue weighted by Crippen LogP contribution is 2.44. The second kappa shape index (κ2) is 20.9. The second-order valence-electron chi connectivity index (χ2n) is 17.5. The molecule has 2 aromatic carbocycles. The van der Waals surface area contributed by atoms with E-state index in [1.54, 1.807) is 22.3 Å². The summed E-state index contributed by atoms with van der Waals surface area (Å²) >= 11 is 0. The molecule has 0 aliphatic heterocycles. The highest BCUT2D eigenvalue weighted by molar-refractivity contribution is 5.27. The maximum Gasteiger partial charge on any atom is 0.0469 e. The maximum atomic E-state index is 6.13. The van der Waals surface area contributed by atoms with Crippen LogP contribution in [0.25, 0.3) is 0 Å². The molecule has 4 aliphatic rings. The molecule has 0 amide bonds. The van der Waals surface area contributed by atoms with Crippen molar-refractivity contribution in [3.63, 3.8) is 0 Å². The van der Waals surface area contributed by atoms with E-state index in [0.29, 0.717) is 0 Å². The highest BCUT2D eigenvalue weighted by atomic mass is 16.5. The first-order valence-corrected chi connectivity index (χ1v) is 22.3. The Morgan fingerprint density at radius 1 is 0.451 bits per heavy atom. The fourth-order valence-electron chi connectivity index (χ4n) is 10.6. The van der Waals surface area contributed by atoms with Crippen molar-refractivity contribution in [1.29, 1.82) is 0 Å². The molecule has 2 saturated carbocycles. The van der Waals surface area contributed by atoms with Crippen molar-refractivity contribution >= 4 is 0 Å². The van der Waals surface area contributed by atoms with Gasteiger partial charge in [-0.25, -0.2) is 0 Å². The third-order valence-corrected chi connectivity index (χ3v) is 14.1. The Kier molecular flexibility index (Phi) is 15.9. The minimum absolute atomic E-state index is 0.799. The molecule has 2 unspecified atom stereocenters. The molecule has 0 aromatic heterocycles. The second-order valence-corrected chi connectivity index (χ2v) is 17.5. The number of benzene rings is 2. The molecular weight excluding hydrogens is 617 g/mol. The number of hydrogen-bond donors (Lipinski definition) is 0. The Hall–Kier alpha value is -2.12. The summed E-state index contributed by atoms with van der Waals surface area (Å²) in [6, 6.07) is 19.4. The van der Waals surface area contributed by atoms with Crippen LogP contribution in [0.4, 0.5) is 0 Å². The number of hydrogen-bond acceptors (Lipinski definition) is 1. The van der Waals surface area contributed by atoms with Crippen LogP contribution in [0.5, 0.6) is 0 Å². The number of unbranched alkanes of at least 4 members (excludes halogenated alkanes) is 2. The Balaban J connectivity index is 0.780. The van der Waals surface area contributed by atoms with Gasteiger partial charge in [0.05, 0.1) is 0 Å². The number of aryl methyl sites for hydroxylation is 2. The van der Waals surface area contributed by atoms with Crippen LogP contribution < -0.4 is 0 Å². The summed E-state index contributed by atoms with van der Waals surface area (Å²) < 4.78 is 6.13. The van der Waals surface area contributed by atoms with Crippen molar-refractivity contribution in [2.75, 3.05) is 13.2 Å². The van der Waals surface area contributed by atoms with Gasteiger partial charge in [-0.3, -0.25) is 0 Å². The van der Waals surface area contributed by atoms with Gasteiger partial charge >= 0.3 is 0 Å². The summed E-state index contributed by atoms with van der Waals surface area (Å²) in [6.07, 6.45) is 37.5. The number of ether oxygens (including phenoxy) is 1. The molecule has 0 radical (unpaired) electrons. The van der Waals surface area contributed by atoms with Gasteiger partial charge in [0.15, 0.2) is 0 Å². The first-order valence-electron chi connectivity index (χ1n) is 22.3. The van der Waals surface area contributed by atoms with E-state index in [4.69, 9.17) is 4.74 Å². The van der Waals surface area contributed by atoms with Crippen LogP contribution in [0.15, 0.2) is 71.8 Å². The lowest BCUT2D eigenvalue weighted by Crippen LogP contribution is -2.22. The zero-order chi connectivity index (χ0) is 35.1. The highest BCUT2D eigenvalue weighted by Gasteiger charge is 2.30. The molecular formula is C50H74O. The van der Waals surface area contributed by atoms with Gasteiger partial charge in [-0.05, 0) is 199 Å². The summed E-state index contributed by atoms with van der Waals surface area (Å²) in [5.41, 5.74) is 9.69. The van der Waals surface area contributed by atoms with Crippen LogP contribution in [0.2, 0.25) is 0 Å². The normalized spacial score (nSPS) is 27.2. The summed E-state index contributed by atoms with van der Waals surface area (Å²) in [7, 11) is 0. The summed E-state index contributed by atoms with van der Waals surface area (Å²) in [5.74, 6) is 5.39. The molecule has 0 bridgehead atoms. The molecule has 0 heterocycles. The van der Waals surface area contributed by atoms with E-state index in [1.165, 1.54) is 165 Å². The van der Waals surface area contributed by atoms with E-state index in [1.807, 2.05) is 0 Å². The topological polar surface area (TPSA) is 9.23 Å². The number of allylic oxidation sites excluding steroid dienone is 4. The Bertz CT molecular complexity index is 1210. The van der Waals surface area contributed by atoms with Gasteiger partial charge in [0.25, 0.3) is 0 Å². The van der Waals surface area contributed by atoms with Gasteiger partial charge in [-0.2, -0.15) is 0 Å². The minimum Gasteiger partial charge on any atom is -0.381 e. The SMILES string of the molecule is CCCCc1ccc(C2CCC(C3CC=C(CCCOCCCC4=CCC(C5CCC(c6ccc(CCCC)cc6)CC5)CC4)CC3)CC2)cc1. The predicted octanol–water partition coefficient (Wildman–Crippen LogP) is 14.6. The van der Waals surface area contributed by atoms with Gasteiger partial charge < -0.3 is 4.74 Å². The van der Waals surface area contributed by atoms with E-state index in [-0.39, 0.29) is 0 Å². The molecule has 2 atom stereocenters. The van der Waals surface area contributed by atoms with E-state index in [0.717, 1.165) is 48.7 Å². The zero-order valence-corrected chi connectivity index (χ0v) is 33.0. The summed E-state index contributed by atoms with van der Waals surface area (Å²) in [4.78, 5) is 0. The van der Waals surface area contributed by atoms with Crippen molar-refractivity contribution in [2.45, 2.75) is 180 Å². The molecule has 4 aliphatic carbocycles. The first-order chi connectivity index (χ1) is 25.2. The molecule has 280 valence electrons. The molecule has 51 heavy (non-hydrogen) atoms. The van der Waals surface area contributed by atoms with E-state index < -0.39 is 0 Å². The van der Waals surface area contributed by atoms with Crippen molar-refractivity contribution in [3.05, 3.63) is 94.1 Å². The first kappa shape index (κ1) is 38.6. The van der Waals surface area contributed by atoms with E-state index >= 15 is 0 Å². The zero-order valence-electron chi connectivity index (χ0n) is 33.0. The lowest BCUT2D eigenvalue weighted by Gasteiger charge is -2.35. The Morgan fingerprint density at radius 2 is 0.863 bits per heavy atom. The van der Waals surface area contributed by atoms with Crippen LogP contribution in [0.3, 0.4) is 0 Å². The molecule has 0 saturated heterocycles. The Labute approximate surface area is 314 Å². The van der Waals surface area contributed by atoms with Crippen LogP contribution in [0, 0.1) is 23.7 Å². The quantitative estimate of drug-likeness (QED) is 0.112. The molecule has 1 nitrogen and oxygen atoms in total. The molecule has 0 spiro atoms. The largest absolute Gasteiger partial charge is 0.381 e. The molecule has 2 fully saturated rings. The molecule has 1 heteroatoms. The van der Waals surface area contributed by atoms with Crippen LogP contribution in [0.1, 0.15) is 189 Å². The predicted molar refractivity (Wildman–Crippen MR) is 220 cm³/mol. The average molecular weight is 691 g/mol. The number of rotatable bonds is 18. The van der Waals surface area contributed by atoms with Crippen LogP contribution >= 0.6 is 0 Å². The van der Waals surface area contributed by atoms with Gasteiger partial charge in [-0.15, -0.1) is 0 Å². The van der Waals surface area contributed by atoms with Gasteiger partial charge in [0.1, 0.15) is 0 Å². The van der Waals surface area contributed by atoms with Gasteiger partial charge in [0.2, 0.25) is 0 Å². The van der Waals surface area contributed by atoms with Gasteiger partial charge in [0, 0.05) is 13.2 Å². The fraction of sp³-hybridized carbons (Fsp3) is 0.680. The third kappa shape index (κ3) is 11.9. The van der Waals surface area contributed by atoms with E-state index in [2.05, 4.69) is 74.5 Å². The summed E-state index contributed by atoms with van der Waals surface area (Å²) in [5, 5.41) is 0.